The Bertz CT molecular complexity index is 1130. The minimum atomic E-state index is -1.23. The fourth-order valence-electron chi connectivity index (χ4n) is 3.49. The van der Waals surface area contributed by atoms with Gasteiger partial charge in [0.2, 0.25) is 5.65 Å². The lowest BCUT2D eigenvalue weighted by molar-refractivity contribution is 0.0186. The summed E-state index contributed by atoms with van der Waals surface area (Å²) in [6, 6.07) is 4.73. The Morgan fingerprint density at radius 3 is 2.56 bits per heavy atom. The van der Waals surface area contributed by atoms with Crippen LogP contribution < -0.4 is 4.74 Å². The molecule has 1 atom stereocenters. The van der Waals surface area contributed by atoms with E-state index in [9.17, 15) is 4.79 Å². The van der Waals surface area contributed by atoms with Crippen molar-refractivity contribution in [3.63, 3.8) is 0 Å². The van der Waals surface area contributed by atoms with Crippen molar-refractivity contribution < 1.29 is 14.3 Å². The van der Waals surface area contributed by atoms with Crippen LogP contribution in [0.4, 0.5) is 4.79 Å². The first kappa shape index (κ1) is 25.7. The van der Waals surface area contributed by atoms with Gasteiger partial charge in [0, 0.05) is 39.4 Å². The van der Waals surface area contributed by atoms with Crippen molar-refractivity contribution in [1.29, 1.82) is 0 Å². The summed E-state index contributed by atoms with van der Waals surface area (Å²) in [5.74, 6) is 0.505. The van der Waals surface area contributed by atoms with Crippen LogP contribution in [-0.4, -0.2) is 57.2 Å². The summed E-state index contributed by atoms with van der Waals surface area (Å²) in [6.07, 6.45) is 6.92. The number of carbonyl (C=O) groups excluding carboxylic acids is 1. The summed E-state index contributed by atoms with van der Waals surface area (Å²) in [5.41, 5.74) is 2.47. The van der Waals surface area contributed by atoms with Gasteiger partial charge in [0.25, 0.3) is 5.88 Å². The molecule has 1 amide bonds. The molecule has 8 nitrogen and oxygen atoms in total. The maximum Gasteiger partial charge on any atom is 0.410 e. The number of carbonyl (C=O) groups is 1. The minimum absolute atomic E-state index is 0.189. The Hall–Kier alpha value is -2.94. The number of amides is 1. The summed E-state index contributed by atoms with van der Waals surface area (Å²) in [6.45, 7) is 17.6. The van der Waals surface area contributed by atoms with E-state index < -0.39 is 13.7 Å². The molecule has 3 aromatic heterocycles. The molecule has 34 heavy (non-hydrogen) atoms. The van der Waals surface area contributed by atoms with Crippen molar-refractivity contribution in [3.8, 4) is 17.3 Å². The number of hydrogen-bond donors (Lipinski definition) is 0. The van der Waals surface area contributed by atoms with Gasteiger partial charge >= 0.3 is 6.09 Å². The summed E-state index contributed by atoms with van der Waals surface area (Å²) < 4.78 is 13.6. The predicted molar refractivity (Wildman–Crippen MR) is 137 cm³/mol. The molecule has 0 aliphatic carbocycles. The van der Waals surface area contributed by atoms with Gasteiger partial charge in [-0.05, 0) is 58.4 Å². The molecule has 3 aromatic rings. The Kier molecular flexibility index (Phi) is 7.65. The van der Waals surface area contributed by atoms with Crippen LogP contribution in [0.15, 0.2) is 36.9 Å². The van der Waals surface area contributed by atoms with Crippen LogP contribution in [0.5, 0.6) is 5.88 Å². The third kappa shape index (κ3) is 6.56. The largest absolute Gasteiger partial charge is 0.475 e. The van der Waals surface area contributed by atoms with Crippen LogP contribution >= 0.6 is 0 Å². The number of ether oxygens (including phenoxy) is 2. The number of aromatic nitrogens is 4. The first-order valence-corrected chi connectivity index (χ1v) is 15.5. The molecule has 3 rings (SSSR count). The molecule has 0 aliphatic rings. The molecule has 0 fully saturated rings. The van der Waals surface area contributed by atoms with E-state index in [1.54, 1.807) is 17.3 Å². The lowest BCUT2D eigenvalue weighted by atomic mass is 10.1. The molecule has 0 spiro atoms. The average molecular weight is 484 g/mol. The van der Waals surface area contributed by atoms with E-state index in [1.165, 1.54) is 0 Å². The second kappa shape index (κ2) is 10.1. The molecule has 3 heterocycles. The zero-order chi connectivity index (χ0) is 25.1. The Morgan fingerprint density at radius 1 is 1.18 bits per heavy atom. The second-order valence-corrected chi connectivity index (χ2v) is 16.3. The van der Waals surface area contributed by atoms with E-state index in [2.05, 4.69) is 29.6 Å². The van der Waals surface area contributed by atoms with Gasteiger partial charge in [-0.25, -0.2) is 14.8 Å². The highest BCUT2D eigenvalue weighted by atomic mass is 28.3. The van der Waals surface area contributed by atoms with Crippen LogP contribution in [0.1, 0.15) is 46.2 Å². The molecule has 0 aliphatic heterocycles. The van der Waals surface area contributed by atoms with E-state index in [0.717, 1.165) is 11.6 Å². The zero-order valence-corrected chi connectivity index (χ0v) is 22.6. The highest BCUT2D eigenvalue weighted by Gasteiger charge is 2.26. The molecule has 1 unspecified atom stereocenters. The van der Waals surface area contributed by atoms with Crippen molar-refractivity contribution in [3.05, 3.63) is 42.5 Å². The van der Waals surface area contributed by atoms with Crippen molar-refractivity contribution >= 4 is 19.8 Å². The second-order valence-electron chi connectivity index (χ2n) is 10.7. The fourth-order valence-corrected chi connectivity index (χ4v) is 4.20. The first-order chi connectivity index (χ1) is 15.9. The highest BCUT2D eigenvalue weighted by Crippen LogP contribution is 2.27. The van der Waals surface area contributed by atoms with E-state index in [-0.39, 0.29) is 12.1 Å². The number of pyridine rings is 1. The summed E-state index contributed by atoms with van der Waals surface area (Å²) in [4.78, 5) is 28.2. The standard InChI is InChI=1S/C25H37N5O3Si/c1-9-30(24(31)33-25(3,4)5)18(2)19-10-11-26-20(16-19)21-17-29-13-12-27-22(29)23(28-21)32-14-15-34(6,7)8/h10-13,16-18H,9,14-15H2,1-8H3. The van der Waals surface area contributed by atoms with Crippen LogP contribution in [0.2, 0.25) is 25.7 Å². The summed E-state index contributed by atoms with van der Waals surface area (Å²) >= 11 is 0. The van der Waals surface area contributed by atoms with Gasteiger partial charge in [0.1, 0.15) is 11.3 Å². The smallest absolute Gasteiger partial charge is 0.410 e. The van der Waals surface area contributed by atoms with Gasteiger partial charge < -0.3 is 18.8 Å². The van der Waals surface area contributed by atoms with Gasteiger partial charge in [0.15, 0.2) is 0 Å². The molecule has 0 bridgehead atoms. The van der Waals surface area contributed by atoms with E-state index >= 15 is 0 Å². The SMILES string of the molecule is CCN(C(=O)OC(C)(C)C)C(C)c1ccnc(-c2cn3ccnc3c(OCC[Si](C)(C)C)n2)c1. The predicted octanol–water partition coefficient (Wildman–Crippen LogP) is 5.83. The van der Waals surface area contributed by atoms with Crippen molar-refractivity contribution in [2.24, 2.45) is 0 Å². The molecule has 9 heteroatoms. The summed E-state index contributed by atoms with van der Waals surface area (Å²) in [5, 5.41) is 0. The molecule has 0 aromatic carbocycles. The van der Waals surface area contributed by atoms with E-state index in [0.29, 0.717) is 36.1 Å². The van der Waals surface area contributed by atoms with Crippen LogP contribution in [0, 0.1) is 0 Å². The molecule has 0 saturated carbocycles. The third-order valence-electron chi connectivity index (χ3n) is 5.40. The van der Waals surface area contributed by atoms with Gasteiger partial charge in [-0.15, -0.1) is 0 Å². The minimum Gasteiger partial charge on any atom is -0.475 e. The highest BCUT2D eigenvalue weighted by molar-refractivity contribution is 6.76. The normalized spacial score (nSPS) is 13.1. The average Bonchev–Trinajstić information content (AvgIpc) is 3.21. The fraction of sp³-hybridized carbons (Fsp3) is 0.520. The van der Waals surface area contributed by atoms with Crippen molar-refractivity contribution in [2.75, 3.05) is 13.2 Å². The topological polar surface area (TPSA) is 81.9 Å². The van der Waals surface area contributed by atoms with Gasteiger partial charge in [-0.1, -0.05) is 19.6 Å². The van der Waals surface area contributed by atoms with Crippen LogP contribution in [-0.2, 0) is 4.74 Å². The van der Waals surface area contributed by atoms with E-state index in [4.69, 9.17) is 14.5 Å². The molecule has 0 saturated heterocycles. The van der Waals surface area contributed by atoms with Crippen molar-refractivity contribution in [2.45, 2.75) is 71.9 Å². The molecule has 184 valence electrons. The number of imidazole rings is 1. The first-order valence-electron chi connectivity index (χ1n) is 11.8. The Morgan fingerprint density at radius 2 is 1.91 bits per heavy atom. The maximum atomic E-state index is 12.7. The number of hydrogen-bond acceptors (Lipinski definition) is 6. The third-order valence-corrected chi connectivity index (χ3v) is 7.10. The molecule has 0 radical (unpaired) electrons. The van der Waals surface area contributed by atoms with Crippen molar-refractivity contribution in [1.82, 2.24) is 24.3 Å². The zero-order valence-electron chi connectivity index (χ0n) is 21.6. The lowest BCUT2D eigenvalue weighted by Crippen LogP contribution is -2.38. The summed E-state index contributed by atoms with van der Waals surface area (Å²) in [7, 11) is -1.23. The lowest BCUT2D eigenvalue weighted by Gasteiger charge is -2.31. The Balaban J connectivity index is 1.90. The maximum absolute atomic E-state index is 12.7. The van der Waals surface area contributed by atoms with Gasteiger partial charge in [0.05, 0.1) is 18.3 Å². The van der Waals surface area contributed by atoms with Crippen LogP contribution in [0.3, 0.4) is 0 Å². The quantitative estimate of drug-likeness (QED) is 0.375. The van der Waals surface area contributed by atoms with Gasteiger partial charge in [-0.2, -0.15) is 0 Å². The van der Waals surface area contributed by atoms with Gasteiger partial charge in [-0.3, -0.25) is 4.98 Å². The van der Waals surface area contributed by atoms with E-state index in [1.807, 2.05) is 63.5 Å². The number of nitrogens with zero attached hydrogens (tertiary/aromatic N) is 5. The Labute approximate surface area is 203 Å². The monoisotopic (exact) mass is 483 g/mol. The molecule has 0 N–H and O–H groups in total. The molecular weight excluding hydrogens is 446 g/mol. The number of rotatable bonds is 8. The van der Waals surface area contributed by atoms with Crippen LogP contribution in [0.25, 0.3) is 17.0 Å². The molecular formula is C25H37N5O3Si. The number of fused-ring (bicyclic) bond motifs is 1.